The zero-order valence-corrected chi connectivity index (χ0v) is 13.7. The predicted molar refractivity (Wildman–Crippen MR) is 87.2 cm³/mol. The Bertz CT molecular complexity index is 750. The molecule has 6 nitrogen and oxygen atoms in total. The number of carbonyl (C=O) groups is 1. The highest BCUT2D eigenvalue weighted by molar-refractivity contribution is 5.93. The lowest BCUT2D eigenvalue weighted by atomic mass is 9.79. The third-order valence-corrected chi connectivity index (χ3v) is 4.58. The fourth-order valence-corrected chi connectivity index (χ4v) is 3.23. The van der Waals surface area contributed by atoms with Crippen LogP contribution in [0.4, 0.5) is 8.78 Å². The van der Waals surface area contributed by atoms with Gasteiger partial charge in [-0.15, -0.1) is 0 Å². The summed E-state index contributed by atoms with van der Waals surface area (Å²) in [5.74, 6) is -0.549. The van der Waals surface area contributed by atoms with Crippen LogP contribution in [0.25, 0.3) is 0 Å². The molecule has 3 rings (SSSR count). The molecule has 1 aliphatic heterocycles. The van der Waals surface area contributed by atoms with Gasteiger partial charge in [0.15, 0.2) is 0 Å². The molecule has 0 aliphatic carbocycles. The highest BCUT2D eigenvalue weighted by Gasteiger charge is 2.43. The van der Waals surface area contributed by atoms with E-state index >= 15 is 0 Å². The maximum Gasteiger partial charge on any atom is 0.282 e. The number of alkyl halides is 2. The van der Waals surface area contributed by atoms with Gasteiger partial charge in [0, 0.05) is 13.6 Å². The summed E-state index contributed by atoms with van der Waals surface area (Å²) in [6, 6.07) is 10.3. The lowest BCUT2D eigenvalue weighted by molar-refractivity contribution is 0.0286. The molecule has 1 amide bonds. The van der Waals surface area contributed by atoms with Gasteiger partial charge in [-0.3, -0.25) is 9.48 Å². The normalized spacial score (nSPS) is 23.6. The first-order valence-corrected chi connectivity index (χ1v) is 8.03. The minimum atomic E-state index is -2.75. The minimum absolute atomic E-state index is 0.0244. The molecule has 0 saturated carbocycles. The van der Waals surface area contributed by atoms with Crippen molar-refractivity contribution in [2.24, 2.45) is 7.05 Å². The quantitative estimate of drug-likeness (QED) is 0.777. The molecule has 0 spiro atoms. The van der Waals surface area contributed by atoms with E-state index in [-0.39, 0.29) is 5.69 Å². The van der Waals surface area contributed by atoms with Crippen LogP contribution in [0.3, 0.4) is 0 Å². The summed E-state index contributed by atoms with van der Waals surface area (Å²) < 4.78 is 26.8. The molecule has 0 unspecified atom stereocenters. The standard InChI is InChI=1S/C17H20F2N4O2/c1-23-13(9-12(22-23)15(18)19)16(25)21-17(7-8-20-10-14(17)24)11-5-3-2-4-6-11/h2-6,9,14-15,20,24H,7-8,10H2,1H3,(H,21,25)/t14-,17+/m1/s1. The minimum Gasteiger partial charge on any atom is -0.389 e. The van der Waals surface area contributed by atoms with Gasteiger partial charge in [0.2, 0.25) is 0 Å². The van der Waals surface area contributed by atoms with E-state index in [0.29, 0.717) is 19.5 Å². The van der Waals surface area contributed by atoms with E-state index in [2.05, 4.69) is 15.7 Å². The van der Waals surface area contributed by atoms with Crippen molar-refractivity contribution in [3.05, 3.63) is 53.3 Å². The van der Waals surface area contributed by atoms with Crippen molar-refractivity contribution in [2.75, 3.05) is 13.1 Å². The molecule has 1 saturated heterocycles. The van der Waals surface area contributed by atoms with Gasteiger partial charge in [0.05, 0.1) is 11.6 Å². The van der Waals surface area contributed by atoms with Gasteiger partial charge in [-0.25, -0.2) is 8.78 Å². The molecule has 1 aromatic carbocycles. The van der Waals surface area contributed by atoms with Crippen LogP contribution < -0.4 is 10.6 Å². The van der Waals surface area contributed by atoms with Crippen LogP contribution in [0.1, 0.15) is 34.6 Å². The van der Waals surface area contributed by atoms with Crippen molar-refractivity contribution in [1.29, 1.82) is 0 Å². The lowest BCUT2D eigenvalue weighted by Crippen LogP contribution is -2.61. The van der Waals surface area contributed by atoms with Gasteiger partial charge < -0.3 is 15.7 Å². The van der Waals surface area contributed by atoms with E-state index in [1.54, 1.807) is 0 Å². The maximum atomic E-state index is 12.8. The number of nitrogens with one attached hydrogen (secondary N) is 2. The molecule has 2 atom stereocenters. The number of hydrogen-bond donors (Lipinski definition) is 3. The zero-order valence-electron chi connectivity index (χ0n) is 13.7. The number of hydrogen-bond acceptors (Lipinski definition) is 4. The Kier molecular flexibility index (Phi) is 4.82. The van der Waals surface area contributed by atoms with Crippen molar-refractivity contribution in [3.8, 4) is 0 Å². The number of nitrogens with zero attached hydrogens (tertiary/aromatic N) is 2. The molecular formula is C17H20F2N4O2. The molecule has 0 bridgehead atoms. The van der Waals surface area contributed by atoms with E-state index < -0.39 is 29.7 Å². The Morgan fingerprint density at radius 3 is 2.76 bits per heavy atom. The number of rotatable bonds is 4. The topological polar surface area (TPSA) is 79.2 Å². The number of halogens is 2. The van der Waals surface area contributed by atoms with Gasteiger partial charge in [-0.2, -0.15) is 5.10 Å². The van der Waals surface area contributed by atoms with E-state index in [4.69, 9.17) is 0 Å². The second kappa shape index (κ2) is 6.89. The number of β-amino-alcohol motifs (C(OH)–C–C–N with tert-alkyl or cyclic N) is 1. The number of carbonyl (C=O) groups excluding carboxylic acids is 1. The van der Waals surface area contributed by atoms with Gasteiger partial charge in [-0.1, -0.05) is 30.3 Å². The largest absolute Gasteiger partial charge is 0.389 e. The summed E-state index contributed by atoms with van der Waals surface area (Å²) in [6.07, 6.45) is -3.13. The van der Waals surface area contributed by atoms with Crippen molar-refractivity contribution >= 4 is 5.91 Å². The SMILES string of the molecule is Cn1nc(C(F)F)cc1C(=O)N[C@]1(c2ccccc2)CCNC[C@H]1O. The first kappa shape index (κ1) is 17.5. The smallest absolute Gasteiger partial charge is 0.282 e. The van der Waals surface area contributed by atoms with E-state index in [9.17, 15) is 18.7 Å². The Morgan fingerprint density at radius 1 is 1.44 bits per heavy atom. The predicted octanol–water partition coefficient (Wildman–Crippen LogP) is 1.34. The van der Waals surface area contributed by atoms with Crippen molar-refractivity contribution in [1.82, 2.24) is 20.4 Å². The molecule has 134 valence electrons. The zero-order chi connectivity index (χ0) is 18.0. The highest BCUT2D eigenvalue weighted by Crippen LogP contribution is 2.31. The van der Waals surface area contributed by atoms with Gasteiger partial charge in [0.25, 0.3) is 12.3 Å². The van der Waals surface area contributed by atoms with Gasteiger partial charge >= 0.3 is 0 Å². The summed E-state index contributed by atoms with van der Waals surface area (Å²) in [5, 5.41) is 20.2. The van der Waals surface area contributed by atoms with E-state index in [1.165, 1.54) is 7.05 Å². The van der Waals surface area contributed by atoms with Crippen LogP contribution in [-0.2, 0) is 12.6 Å². The molecule has 2 aromatic rings. The van der Waals surface area contributed by atoms with Crippen LogP contribution in [0.2, 0.25) is 0 Å². The molecule has 2 heterocycles. The number of benzene rings is 1. The Hall–Kier alpha value is -2.32. The molecule has 8 heteroatoms. The number of aromatic nitrogens is 2. The van der Waals surface area contributed by atoms with Crippen LogP contribution in [0.15, 0.2) is 36.4 Å². The summed E-state index contributed by atoms with van der Waals surface area (Å²) in [7, 11) is 1.44. The van der Waals surface area contributed by atoms with Crippen molar-refractivity contribution in [2.45, 2.75) is 24.5 Å². The lowest BCUT2D eigenvalue weighted by Gasteiger charge is -2.42. The molecule has 1 aromatic heterocycles. The molecule has 1 aliphatic rings. The first-order chi connectivity index (χ1) is 11.9. The van der Waals surface area contributed by atoms with Crippen LogP contribution in [-0.4, -0.2) is 40.0 Å². The third-order valence-electron chi connectivity index (χ3n) is 4.58. The second-order valence-electron chi connectivity index (χ2n) is 6.14. The Morgan fingerprint density at radius 2 is 2.16 bits per heavy atom. The average Bonchev–Trinajstić information content (AvgIpc) is 3.00. The van der Waals surface area contributed by atoms with Gasteiger partial charge in [0.1, 0.15) is 11.4 Å². The third kappa shape index (κ3) is 3.27. The number of aliphatic hydroxyl groups is 1. The average molecular weight is 350 g/mol. The molecule has 3 N–H and O–H groups in total. The fraction of sp³-hybridized carbons (Fsp3) is 0.412. The number of aryl methyl sites for hydroxylation is 1. The summed E-state index contributed by atoms with van der Waals surface area (Å²) in [4.78, 5) is 12.7. The van der Waals surface area contributed by atoms with Crippen molar-refractivity contribution < 1.29 is 18.7 Å². The molecular weight excluding hydrogens is 330 g/mol. The Labute approximate surface area is 143 Å². The molecule has 1 fully saturated rings. The Balaban J connectivity index is 1.95. The number of amides is 1. The summed E-state index contributed by atoms with van der Waals surface area (Å²) in [6.45, 7) is 0.933. The second-order valence-corrected chi connectivity index (χ2v) is 6.14. The number of aliphatic hydroxyl groups excluding tert-OH is 1. The summed E-state index contributed by atoms with van der Waals surface area (Å²) in [5.41, 5.74) is -0.643. The van der Waals surface area contributed by atoms with E-state index in [0.717, 1.165) is 16.3 Å². The number of piperidine rings is 1. The van der Waals surface area contributed by atoms with E-state index in [1.807, 2.05) is 30.3 Å². The molecule has 25 heavy (non-hydrogen) atoms. The highest BCUT2D eigenvalue weighted by atomic mass is 19.3. The van der Waals surface area contributed by atoms with Crippen LogP contribution in [0, 0.1) is 0 Å². The van der Waals surface area contributed by atoms with Crippen LogP contribution >= 0.6 is 0 Å². The van der Waals surface area contributed by atoms with Crippen LogP contribution in [0.5, 0.6) is 0 Å². The first-order valence-electron chi connectivity index (χ1n) is 8.03. The monoisotopic (exact) mass is 350 g/mol. The van der Waals surface area contributed by atoms with Gasteiger partial charge in [-0.05, 0) is 24.6 Å². The van der Waals surface area contributed by atoms with Crippen molar-refractivity contribution in [3.63, 3.8) is 0 Å². The fourth-order valence-electron chi connectivity index (χ4n) is 3.23. The summed E-state index contributed by atoms with van der Waals surface area (Å²) >= 11 is 0. The molecule has 0 radical (unpaired) electrons. The maximum absolute atomic E-state index is 12.8.